The Balaban J connectivity index is 1.75. The monoisotopic (exact) mass is 317 g/mol. The third kappa shape index (κ3) is 3.78. The summed E-state index contributed by atoms with van der Waals surface area (Å²) >= 11 is 0. The fourth-order valence-electron chi connectivity index (χ4n) is 2.46. The number of hydrogen-bond donors (Lipinski definition) is 1. The average Bonchev–Trinajstić information content (AvgIpc) is 2.63. The van der Waals surface area contributed by atoms with E-state index in [9.17, 15) is 4.39 Å². The van der Waals surface area contributed by atoms with Crippen LogP contribution in [0, 0.1) is 0 Å². The molecular weight excluding hydrogens is 297 g/mol. The Hall–Kier alpha value is -2.18. The maximum Gasteiger partial charge on any atom is 0.129 e. The van der Waals surface area contributed by atoms with Gasteiger partial charge in [-0.05, 0) is 30.3 Å². The molecule has 2 heterocycles. The molecule has 1 fully saturated rings. The summed E-state index contributed by atoms with van der Waals surface area (Å²) < 4.78 is 23.4. The van der Waals surface area contributed by atoms with Crippen LogP contribution in [0.3, 0.4) is 0 Å². The van der Waals surface area contributed by atoms with Crippen molar-refractivity contribution in [2.24, 2.45) is 5.73 Å². The minimum Gasteiger partial charge on any atom is -0.489 e. The van der Waals surface area contributed by atoms with E-state index in [1.54, 1.807) is 0 Å². The number of hydrogen-bond acceptors (Lipinski definition) is 5. The summed E-state index contributed by atoms with van der Waals surface area (Å²) in [6.45, 7) is 3.48. The summed E-state index contributed by atoms with van der Waals surface area (Å²) in [5.74, 6) is 1.63. The lowest BCUT2D eigenvalue weighted by Gasteiger charge is -2.27. The predicted molar refractivity (Wildman–Crippen MR) is 88.5 cm³/mol. The first-order valence-corrected chi connectivity index (χ1v) is 7.64. The molecule has 3 rings (SSSR count). The number of anilines is 1. The zero-order valence-corrected chi connectivity index (χ0v) is 12.9. The molecule has 0 bridgehead atoms. The van der Waals surface area contributed by atoms with Crippen LogP contribution in [0.2, 0.25) is 0 Å². The van der Waals surface area contributed by atoms with Gasteiger partial charge in [0.25, 0.3) is 0 Å². The standard InChI is InChI=1S/C17H20FN3O2/c18-10-13(11-19)12-23-15-2-3-16-14(9-15)1-4-17(20-16)21-5-7-22-8-6-21/h1-4,9-10H,5-8,11-12,19H2/b13-10+. The van der Waals surface area contributed by atoms with Crippen molar-refractivity contribution < 1.29 is 13.9 Å². The number of pyridine rings is 1. The summed E-state index contributed by atoms with van der Waals surface area (Å²) in [5, 5.41) is 0.984. The van der Waals surface area contributed by atoms with Gasteiger partial charge in [-0.3, -0.25) is 0 Å². The van der Waals surface area contributed by atoms with Crippen LogP contribution in [0.25, 0.3) is 10.9 Å². The van der Waals surface area contributed by atoms with Gasteiger partial charge in [-0.25, -0.2) is 9.37 Å². The second-order valence-electron chi connectivity index (χ2n) is 5.38. The van der Waals surface area contributed by atoms with Crippen molar-refractivity contribution in [2.75, 3.05) is 44.4 Å². The minimum absolute atomic E-state index is 0.147. The highest BCUT2D eigenvalue weighted by Gasteiger charge is 2.12. The molecule has 0 radical (unpaired) electrons. The van der Waals surface area contributed by atoms with Gasteiger partial charge in [0.2, 0.25) is 0 Å². The maximum atomic E-state index is 12.5. The van der Waals surface area contributed by atoms with Crippen molar-refractivity contribution in [1.82, 2.24) is 4.98 Å². The SMILES string of the molecule is NC/C(=C\F)COc1ccc2nc(N3CCOCC3)ccc2c1. The van der Waals surface area contributed by atoms with Gasteiger partial charge in [-0.2, -0.15) is 0 Å². The Morgan fingerprint density at radius 2 is 2.13 bits per heavy atom. The lowest BCUT2D eigenvalue weighted by Crippen LogP contribution is -2.36. The van der Waals surface area contributed by atoms with Crippen LogP contribution in [0.15, 0.2) is 42.2 Å². The number of nitrogens with two attached hydrogens (primary N) is 1. The fraction of sp³-hybridized carbons (Fsp3) is 0.353. The number of ether oxygens (including phenoxy) is 2. The highest BCUT2D eigenvalue weighted by Crippen LogP contribution is 2.23. The van der Waals surface area contributed by atoms with Gasteiger partial charge in [0.1, 0.15) is 18.2 Å². The first-order chi connectivity index (χ1) is 11.3. The number of benzene rings is 1. The second-order valence-corrected chi connectivity index (χ2v) is 5.38. The predicted octanol–water partition coefficient (Wildman–Crippen LogP) is 2.26. The van der Waals surface area contributed by atoms with Crippen LogP contribution in [0.1, 0.15) is 0 Å². The van der Waals surface area contributed by atoms with Crippen LogP contribution in [-0.4, -0.2) is 44.4 Å². The van der Waals surface area contributed by atoms with Crippen LogP contribution < -0.4 is 15.4 Å². The smallest absolute Gasteiger partial charge is 0.129 e. The molecule has 2 aromatic rings. The molecule has 0 unspecified atom stereocenters. The van der Waals surface area contributed by atoms with Crippen molar-refractivity contribution in [2.45, 2.75) is 0 Å². The summed E-state index contributed by atoms with van der Waals surface area (Å²) in [5.41, 5.74) is 6.74. The highest BCUT2D eigenvalue weighted by molar-refractivity contribution is 5.81. The van der Waals surface area contributed by atoms with Crippen LogP contribution in [0.4, 0.5) is 10.2 Å². The molecular formula is C17H20FN3O2. The number of fused-ring (bicyclic) bond motifs is 1. The molecule has 1 aromatic heterocycles. The molecule has 1 aliphatic rings. The lowest BCUT2D eigenvalue weighted by molar-refractivity contribution is 0.122. The average molecular weight is 317 g/mol. The Labute approximate surface area is 134 Å². The van der Waals surface area contributed by atoms with E-state index in [0.29, 0.717) is 17.7 Å². The third-order valence-electron chi connectivity index (χ3n) is 3.82. The highest BCUT2D eigenvalue weighted by atomic mass is 19.1. The van der Waals surface area contributed by atoms with Crippen molar-refractivity contribution >= 4 is 16.7 Å². The summed E-state index contributed by atoms with van der Waals surface area (Å²) in [6.07, 6.45) is 0.497. The fourth-order valence-corrected chi connectivity index (χ4v) is 2.46. The first kappa shape index (κ1) is 15.7. The molecule has 1 aliphatic heterocycles. The molecule has 1 saturated heterocycles. The van der Waals surface area contributed by atoms with E-state index in [1.807, 2.05) is 30.3 Å². The Morgan fingerprint density at radius 1 is 1.30 bits per heavy atom. The first-order valence-electron chi connectivity index (χ1n) is 7.64. The summed E-state index contributed by atoms with van der Waals surface area (Å²) in [6, 6.07) is 9.68. The van der Waals surface area contributed by atoms with Gasteiger partial charge in [-0.15, -0.1) is 0 Å². The molecule has 5 nitrogen and oxygen atoms in total. The van der Waals surface area contributed by atoms with Gasteiger partial charge in [0, 0.05) is 30.6 Å². The molecule has 0 atom stereocenters. The van der Waals surface area contributed by atoms with E-state index < -0.39 is 0 Å². The van der Waals surface area contributed by atoms with Crippen molar-refractivity contribution in [3.05, 3.63) is 42.2 Å². The number of nitrogens with zero attached hydrogens (tertiary/aromatic N) is 2. The van der Waals surface area contributed by atoms with Crippen molar-refractivity contribution in [3.63, 3.8) is 0 Å². The van der Waals surface area contributed by atoms with Crippen molar-refractivity contribution in [3.8, 4) is 5.75 Å². The maximum absolute atomic E-state index is 12.5. The quantitative estimate of drug-likeness (QED) is 0.916. The molecule has 122 valence electrons. The van der Waals surface area contributed by atoms with Gasteiger partial charge in [-0.1, -0.05) is 0 Å². The van der Waals surface area contributed by atoms with Gasteiger partial charge in [0.15, 0.2) is 0 Å². The van der Waals surface area contributed by atoms with Crippen molar-refractivity contribution in [1.29, 1.82) is 0 Å². The normalized spacial score (nSPS) is 15.9. The lowest BCUT2D eigenvalue weighted by atomic mass is 10.2. The zero-order valence-electron chi connectivity index (χ0n) is 12.9. The minimum atomic E-state index is 0.147. The number of rotatable bonds is 5. The topological polar surface area (TPSA) is 60.6 Å². The van der Waals surface area contributed by atoms with Crippen LogP contribution in [-0.2, 0) is 4.74 Å². The summed E-state index contributed by atoms with van der Waals surface area (Å²) in [7, 11) is 0. The Bertz CT molecular complexity index is 699. The Kier molecular flexibility index (Phi) is 5.05. The molecule has 0 amide bonds. The second kappa shape index (κ2) is 7.39. The number of halogens is 1. The van der Waals surface area contributed by atoms with Gasteiger partial charge < -0.3 is 20.1 Å². The van der Waals surface area contributed by atoms with Crippen LogP contribution >= 0.6 is 0 Å². The summed E-state index contributed by atoms with van der Waals surface area (Å²) in [4.78, 5) is 6.91. The number of aromatic nitrogens is 1. The number of morpholine rings is 1. The van der Waals surface area contributed by atoms with E-state index in [0.717, 1.165) is 43.0 Å². The van der Waals surface area contributed by atoms with E-state index in [4.69, 9.17) is 20.2 Å². The zero-order chi connectivity index (χ0) is 16.1. The largest absolute Gasteiger partial charge is 0.489 e. The van der Waals surface area contributed by atoms with E-state index in [1.165, 1.54) is 0 Å². The van der Waals surface area contributed by atoms with Gasteiger partial charge in [0.05, 0.1) is 25.1 Å². The molecule has 0 saturated carbocycles. The molecule has 0 spiro atoms. The third-order valence-corrected chi connectivity index (χ3v) is 3.82. The van der Waals surface area contributed by atoms with Gasteiger partial charge >= 0.3 is 0 Å². The molecule has 0 aliphatic carbocycles. The molecule has 2 N–H and O–H groups in total. The molecule has 6 heteroatoms. The molecule has 23 heavy (non-hydrogen) atoms. The Morgan fingerprint density at radius 3 is 2.87 bits per heavy atom. The van der Waals surface area contributed by atoms with E-state index >= 15 is 0 Å². The van der Waals surface area contributed by atoms with E-state index in [-0.39, 0.29) is 13.2 Å². The molecule has 1 aromatic carbocycles. The van der Waals surface area contributed by atoms with Crippen LogP contribution in [0.5, 0.6) is 5.75 Å². The van der Waals surface area contributed by atoms with E-state index in [2.05, 4.69) is 4.90 Å².